The molecule has 0 bridgehead atoms. The zero-order valence-electron chi connectivity index (χ0n) is 13.2. The van der Waals surface area contributed by atoms with Crippen molar-refractivity contribution in [2.45, 2.75) is 20.3 Å². The molecule has 0 aliphatic rings. The number of pyridine rings is 1. The number of anilines is 1. The van der Waals surface area contributed by atoms with Crippen molar-refractivity contribution in [1.29, 1.82) is 0 Å². The lowest BCUT2D eigenvalue weighted by Gasteiger charge is -2.18. The molecule has 4 nitrogen and oxygen atoms in total. The first-order valence-corrected chi connectivity index (χ1v) is 7.72. The Bertz CT molecular complexity index is 644. The molecule has 2 rings (SSSR count). The Morgan fingerprint density at radius 3 is 2.62 bits per heavy atom. The van der Waals surface area contributed by atoms with Gasteiger partial charge >= 0.3 is 0 Å². The van der Waals surface area contributed by atoms with Gasteiger partial charge < -0.3 is 14.8 Å². The minimum absolute atomic E-state index is 0.0277. The molecule has 0 aliphatic heterocycles. The third-order valence-electron chi connectivity index (χ3n) is 4.01. The molecule has 0 radical (unpaired) electrons. The Morgan fingerprint density at radius 1 is 1.19 bits per heavy atom. The fourth-order valence-electron chi connectivity index (χ4n) is 2.62. The van der Waals surface area contributed by atoms with Crippen molar-refractivity contribution < 1.29 is 0 Å². The molecular formula is C17H25N3O. The van der Waals surface area contributed by atoms with E-state index in [-0.39, 0.29) is 5.56 Å². The van der Waals surface area contributed by atoms with Gasteiger partial charge in [-0.05, 0) is 32.1 Å². The van der Waals surface area contributed by atoms with Crippen molar-refractivity contribution in [3.05, 3.63) is 40.7 Å². The molecule has 1 aromatic carbocycles. The van der Waals surface area contributed by atoms with Crippen LogP contribution < -0.4 is 10.9 Å². The van der Waals surface area contributed by atoms with E-state index in [2.05, 4.69) is 30.1 Å². The van der Waals surface area contributed by atoms with Crippen LogP contribution in [-0.4, -0.2) is 35.6 Å². The first-order valence-electron chi connectivity index (χ1n) is 7.72. The number of rotatable bonds is 7. The first-order chi connectivity index (χ1) is 10.2. The molecule has 0 atom stereocenters. The molecule has 0 spiro atoms. The minimum atomic E-state index is 0.0277. The molecule has 0 fully saturated rings. The summed E-state index contributed by atoms with van der Waals surface area (Å²) < 4.78 is 1.69. The van der Waals surface area contributed by atoms with Gasteiger partial charge in [-0.3, -0.25) is 4.79 Å². The van der Waals surface area contributed by atoms with E-state index < -0.39 is 0 Å². The fraction of sp³-hybridized carbons (Fsp3) is 0.471. The van der Waals surface area contributed by atoms with Crippen molar-refractivity contribution in [2.24, 2.45) is 7.05 Å². The summed E-state index contributed by atoms with van der Waals surface area (Å²) >= 11 is 0. The lowest BCUT2D eigenvalue weighted by Crippen LogP contribution is -2.25. The molecule has 0 unspecified atom stereocenters. The summed E-state index contributed by atoms with van der Waals surface area (Å²) in [6, 6.07) is 9.71. The number of fused-ring (bicyclic) bond motifs is 1. The zero-order valence-corrected chi connectivity index (χ0v) is 13.2. The number of para-hydroxylation sites is 1. The van der Waals surface area contributed by atoms with E-state index in [0.717, 1.165) is 49.2 Å². The third-order valence-corrected chi connectivity index (χ3v) is 4.01. The summed E-state index contributed by atoms with van der Waals surface area (Å²) in [4.78, 5) is 14.4. The van der Waals surface area contributed by atoms with Gasteiger partial charge in [-0.25, -0.2) is 0 Å². The number of nitrogens with zero attached hydrogens (tertiary/aromatic N) is 2. The highest BCUT2D eigenvalue weighted by molar-refractivity contribution is 5.91. The number of hydrogen-bond donors (Lipinski definition) is 1. The molecular weight excluding hydrogens is 262 g/mol. The Labute approximate surface area is 126 Å². The highest BCUT2D eigenvalue weighted by Gasteiger charge is 2.05. The molecule has 0 aliphatic carbocycles. The Hall–Kier alpha value is -1.81. The number of nitrogens with one attached hydrogen (secondary N) is 1. The van der Waals surface area contributed by atoms with Crippen LogP contribution in [0.2, 0.25) is 0 Å². The highest BCUT2D eigenvalue weighted by Crippen LogP contribution is 2.20. The summed E-state index contributed by atoms with van der Waals surface area (Å²) in [6.45, 7) is 8.52. The second-order valence-electron chi connectivity index (χ2n) is 5.28. The minimum Gasteiger partial charge on any atom is -0.384 e. The van der Waals surface area contributed by atoms with E-state index in [4.69, 9.17) is 0 Å². The number of aromatic nitrogens is 1. The van der Waals surface area contributed by atoms with Gasteiger partial charge in [-0.1, -0.05) is 32.0 Å². The second kappa shape index (κ2) is 7.27. The van der Waals surface area contributed by atoms with Crippen LogP contribution in [0.4, 0.5) is 5.69 Å². The topological polar surface area (TPSA) is 37.3 Å². The smallest absolute Gasteiger partial charge is 0.252 e. The van der Waals surface area contributed by atoms with Gasteiger partial charge in [0.2, 0.25) is 0 Å². The van der Waals surface area contributed by atoms with E-state index >= 15 is 0 Å². The van der Waals surface area contributed by atoms with Gasteiger partial charge in [0.15, 0.2) is 0 Å². The molecule has 1 N–H and O–H groups in total. The summed E-state index contributed by atoms with van der Waals surface area (Å²) in [7, 11) is 1.81. The molecule has 2 aromatic rings. The third kappa shape index (κ3) is 3.64. The van der Waals surface area contributed by atoms with Crippen LogP contribution in [0.3, 0.4) is 0 Å². The first kappa shape index (κ1) is 15.6. The monoisotopic (exact) mass is 287 g/mol. The molecule has 1 aromatic heterocycles. The summed E-state index contributed by atoms with van der Waals surface area (Å²) in [5.41, 5.74) is 1.93. The standard InChI is InChI=1S/C17H25N3O/c1-4-20(5-2)12-8-11-18-15-13-17(21)19(3)16-10-7-6-9-14(15)16/h6-7,9-10,13,18H,4-5,8,11-12H2,1-3H3. The lowest BCUT2D eigenvalue weighted by molar-refractivity contribution is 0.303. The van der Waals surface area contributed by atoms with E-state index in [1.165, 1.54) is 0 Å². The molecule has 4 heteroatoms. The van der Waals surface area contributed by atoms with Crippen LogP contribution in [0.1, 0.15) is 20.3 Å². The molecule has 0 saturated heterocycles. The lowest BCUT2D eigenvalue weighted by atomic mass is 10.1. The molecule has 0 saturated carbocycles. The second-order valence-corrected chi connectivity index (χ2v) is 5.28. The van der Waals surface area contributed by atoms with Gasteiger partial charge in [-0.2, -0.15) is 0 Å². The maximum atomic E-state index is 12.0. The van der Waals surface area contributed by atoms with Crippen molar-refractivity contribution in [3.63, 3.8) is 0 Å². The van der Waals surface area contributed by atoms with Crippen LogP contribution >= 0.6 is 0 Å². The summed E-state index contributed by atoms with van der Waals surface area (Å²) in [5, 5.41) is 4.52. The predicted molar refractivity (Wildman–Crippen MR) is 90.1 cm³/mol. The van der Waals surface area contributed by atoms with Crippen molar-refractivity contribution >= 4 is 16.6 Å². The quantitative estimate of drug-likeness (QED) is 0.796. The maximum absolute atomic E-state index is 12.0. The number of hydrogen-bond acceptors (Lipinski definition) is 3. The molecule has 1 heterocycles. The average Bonchev–Trinajstić information content (AvgIpc) is 2.52. The Balaban J connectivity index is 2.09. The van der Waals surface area contributed by atoms with Crippen molar-refractivity contribution in [1.82, 2.24) is 9.47 Å². The van der Waals surface area contributed by atoms with Crippen LogP contribution in [0, 0.1) is 0 Å². The fourth-order valence-corrected chi connectivity index (χ4v) is 2.62. The summed E-state index contributed by atoms with van der Waals surface area (Å²) in [6.07, 6.45) is 1.07. The van der Waals surface area contributed by atoms with E-state index in [9.17, 15) is 4.79 Å². The summed E-state index contributed by atoms with van der Waals surface area (Å²) in [5.74, 6) is 0. The average molecular weight is 287 g/mol. The van der Waals surface area contributed by atoms with Gasteiger partial charge in [0.25, 0.3) is 5.56 Å². The number of aryl methyl sites for hydroxylation is 1. The van der Waals surface area contributed by atoms with E-state index in [1.807, 2.05) is 25.2 Å². The normalized spacial score (nSPS) is 11.2. The highest BCUT2D eigenvalue weighted by atomic mass is 16.1. The van der Waals surface area contributed by atoms with Crippen LogP contribution in [0.25, 0.3) is 10.9 Å². The van der Waals surface area contributed by atoms with Crippen LogP contribution in [0.15, 0.2) is 35.1 Å². The van der Waals surface area contributed by atoms with Gasteiger partial charge in [0.05, 0.1) is 5.52 Å². The molecule has 21 heavy (non-hydrogen) atoms. The van der Waals surface area contributed by atoms with Crippen LogP contribution in [0.5, 0.6) is 0 Å². The van der Waals surface area contributed by atoms with Gasteiger partial charge in [0.1, 0.15) is 0 Å². The Morgan fingerprint density at radius 2 is 1.90 bits per heavy atom. The van der Waals surface area contributed by atoms with E-state index in [1.54, 1.807) is 10.6 Å². The molecule has 0 amide bonds. The predicted octanol–water partition coefficient (Wildman–Crippen LogP) is 2.68. The number of benzene rings is 1. The van der Waals surface area contributed by atoms with Crippen molar-refractivity contribution in [2.75, 3.05) is 31.5 Å². The zero-order chi connectivity index (χ0) is 15.2. The Kier molecular flexibility index (Phi) is 5.39. The van der Waals surface area contributed by atoms with Gasteiger partial charge in [-0.15, -0.1) is 0 Å². The molecule has 114 valence electrons. The largest absolute Gasteiger partial charge is 0.384 e. The maximum Gasteiger partial charge on any atom is 0.252 e. The van der Waals surface area contributed by atoms with Gasteiger partial charge in [0, 0.05) is 30.7 Å². The SMILES string of the molecule is CCN(CC)CCCNc1cc(=O)n(C)c2ccccc12. The van der Waals surface area contributed by atoms with Crippen LogP contribution in [-0.2, 0) is 7.05 Å². The van der Waals surface area contributed by atoms with Crippen molar-refractivity contribution in [3.8, 4) is 0 Å². The van der Waals surface area contributed by atoms with E-state index in [0.29, 0.717) is 0 Å².